The summed E-state index contributed by atoms with van der Waals surface area (Å²) < 4.78 is 0. The quantitative estimate of drug-likeness (QED) is 0.748. The molecule has 0 saturated heterocycles. The van der Waals surface area contributed by atoms with Crippen LogP contribution >= 0.6 is 11.3 Å². The number of aliphatic carboxylic acids is 1. The predicted molar refractivity (Wildman–Crippen MR) is 105 cm³/mol. The van der Waals surface area contributed by atoms with Gasteiger partial charge in [-0.1, -0.05) is 35.5 Å². The van der Waals surface area contributed by atoms with E-state index in [-0.39, 0.29) is 0 Å². The normalized spacial score (nSPS) is 19.6. The van der Waals surface area contributed by atoms with Crippen molar-refractivity contribution in [3.8, 4) is 10.4 Å². The van der Waals surface area contributed by atoms with Crippen LogP contribution in [-0.4, -0.2) is 28.9 Å². The van der Waals surface area contributed by atoms with Crippen LogP contribution < -0.4 is 5.73 Å². The zero-order valence-corrected chi connectivity index (χ0v) is 15.4. The van der Waals surface area contributed by atoms with E-state index in [2.05, 4.69) is 35.5 Å². The van der Waals surface area contributed by atoms with E-state index in [4.69, 9.17) is 15.7 Å². The molecule has 0 unspecified atom stereocenters. The number of hydrogen-bond donors (Lipinski definition) is 2. The van der Waals surface area contributed by atoms with E-state index < -0.39 is 18.1 Å². The fourth-order valence-electron chi connectivity index (χ4n) is 2.78. The molecular formula is C20H22N2O3S. The molecule has 0 aliphatic heterocycles. The van der Waals surface area contributed by atoms with E-state index in [1.165, 1.54) is 15.3 Å². The molecule has 0 spiro atoms. The van der Waals surface area contributed by atoms with Gasteiger partial charge in [-0.2, -0.15) is 0 Å². The van der Waals surface area contributed by atoms with Crippen molar-refractivity contribution in [1.29, 1.82) is 0 Å². The summed E-state index contributed by atoms with van der Waals surface area (Å²) >= 11 is 1.74. The molecule has 1 aliphatic carbocycles. The Balaban J connectivity index is 1.73. The van der Waals surface area contributed by atoms with Crippen molar-refractivity contribution < 1.29 is 14.7 Å². The zero-order valence-electron chi connectivity index (χ0n) is 14.6. The van der Waals surface area contributed by atoms with Gasteiger partial charge in [0.1, 0.15) is 6.04 Å². The molecule has 0 amide bonds. The predicted octanol–water partition coefficient (Wildman–Crippen LogP) is 4.16. The fourth-order valence-corrected chi connectivity index (χ4v) is 3.76. The van der Waals surface area contributed by atoms with Crippen LogP contribution in [0.25, 0.3) is 16.5 Å². The Hall–Kier alpha value is -2.44. The lowest BCUT2D eigenvalue weighted by Crippen LogP contribution is -2.41. The maximum absolute atomic E-state index is 10.9. The molecule has 136 valence electrons. The lowest BCUT2D eigenvalue weighted by atomic mass is 10.1. The molecule has 3 rings (SSSR count). The first kappa shape index (κ1) is 18.4. The van der Waals surface area contributed by atoms with Gasteiger partial charge in [-0.3, -0.25) is 4.79 Å². The summed E-state index contributed by atoms with van der Waals surface area (Å²) in [5, 5.41) is 13.1. The van der Waals surface area contributed by atoms with Gasteiger partial charge < -0.3 is 15.7 Å². The third kappa shape index (κ3) is 4.39. The summed E-state index contributed by atoms with van der Waals surface area (Å²) in [6, 6.07) is 13.4. The first-order valence-corrected chi connectivity index (χ1v) is 9.43. The first-order chi connectivity index (χ1) is 12.5. The number of nitrogens with zero attached hydrogens (tertiary/aromatic N) is 1. The van der Waals surface area contributed by atoms with Crippen molar-refractivity contribution in [1.82, 2.24) is 0 Å². The van der Waals surface area contributed by atoms with Crippen LogP contribution in [0.3, 0.4) is 0 Å². The second kappa shape index (κ2) is 8.29. The molecule has 0 radical (unpaired) electrons. The fraction of sp³-hybridized carbons (Fsp3) is 0.300. The van der Waals surface area contributed by atoms with Crippen LogP contribution in [0.5, 0.6) is 0 Å². The number of rotatable bonds is 6. The Morgan fingerprint density at radius 3 is 2.77 bits per heavy atom. The molecule has 1 heterocycles. The number of carbonyl (C=O) groups is 1. The summed E-state index contributed by atoms with van der Waals surface area (Å²) in [6.45, 7) is 1.62. The second-order valence-corrected chi connectivity index (χ2v) is 7.42. The van der Waals surface area contributed by atoms with E-state index >= 15 is 0 Å². The van der Waals surface area contributed by atoms with Crippen molar-refractivity contribution in [3.05, 3.63) is 52.9 Å². The lowest BCUT2D eigenvalue weighted by Gasteiger charge is -2.14. The Morgan fingerprint density at radius 2 is 2.04 bits per heavy atom. The average molecular weight is 370 g/mol. The standard InChI is InChI=1S/C20H22N2O3S/c1-13(19(21)20(23)24)25-22-17-9-5-8-15(17)12-16-10-11-18(26-16)14-6-3-2-4-7-14/h2-4,6-7,10-13,19H,5,8-9,21H2,1H3,(H,23,24)/b15-12+,22-17-/t13-,19+/m0/s1. The maximum Gasteiger partial charge on any atom is 0.324 e. The maximum atomic E-state index is 10.9. The molecule has 5 nitrogen and oxygen atoms in total. The number of nitrogens with two attached hydrogens (primary N) is 1. The third-order valence-corrected chi connectivity index (χ3v) is 5.43. The molecule has 1 fully saturated rings. The van der Waals surface area contributed by atoms with Gasteiger partial charge >= 0.3 is 5.97 Å². The van der Waals surface area contributed by atoms with Gasteiger partial charge in [0.2, 0.25) is 0 Å². The van der Waals surface area contributed by atoms with Crippen LogP contribution in [0.1, 0.15) is 31.1 Å². The van der Waals surface area contributed by atoms with Crippen molar-refractivity contribution in [2.75, 3.05) is 0 Å². The van der Waals surface area contributed by atoms with Crippen molar-refractivity contribution in [2.24, 2.45) is 10.9 Å². The number of carboxylic acids is 1. The molecule has 0 bridgehead atoms. The van der Waals surface area contributed by atoms with Gasteiger partial charge in [0.15, 0.2) is 6.10 Å². The van der Waals surface area contributed by atoms with E-state index in [0.29, 0.717) is 0 Å². The molecular weight excluding hydrogens is 348 g/mol. The van der Waals surface area contributed by atoms with E-state index in [9.17, 15) is 4.79 Å². The van der Waals surface area contributed by atoms with Crippen LogP contribution in [0, 0.1) is 0 Å². The van der Waals surface area contributed by atoms with Gasteiger partial charge in [-0.25, -0.2) is 0 Å². The van der Waals surface area contributed by atoms with E-state index in [1.54, 1.807) is 18.3 Å². The van der Waals surface area contributed by atoms with Gasteiger partial charge in [0, 0.05) is 9.75 Å². The van der Waals surface area contributed by atoms with Gasteiger partial charge in [-0.05, 0) is 55.5 Å². The molecule has 3 N–H and O–H groups in total. The molecule has 1 aliphatic rings. The van der Waals surface area contributed by atoms with Crippen LogP contribution in [-0.2, 0) is 9.63 Å². The van der Waals surface area contributed by atoms with Crippen molar-refractivity contribution in [3.63, 3.8) is 0 Å². The average Bonchev–Trinajstić information content (AvgIpc) is 3.29. The van der Waals surface area contributed by atoms with Crippen molar-refractivity contribution >= 4 is 29.1 Å². The molecule has 26 heavy (non-hydrogen) atoms. The molecule has 1 aromatic heterocycles. The van der Waals surface area contributed by atoms with Gasteiger partial charge in [-0.15, -0.1) is 11.3 Å². The molecule has 6 heteroatoms. The summed E-state index contributed by atoms with van der Waals surface area (Å²) in [7, 11) is 0. The SMILES string of the molecule is C[C@H](O/N=C1/CCC/C1=C\c1ccc(-c2ccccc2)s1)[C@@H](N)C(=O)O. The summed E-state index contributed by atoms with van der Waals surface area (Å²) in [4.78, 5) is 18.6. The Bertz CT molecular complexity index is 827. The van der Waals surface area contributed by atoms with Gasteiger partial charge in [0.05, 0.1) is 5.71 Å². The smallest absolute Gasteiger partial charge is 0.324 e. The van der Waals surface area contributed by atoms with Gasteiger partial charge in [0.25, 0.3) is 0 Å². The van der Waals surface area contributed by atoms with Crippen molar-refractivity contribution in [2.45, 2.75) is 38.3 Å². The highest BCUT2D eigenvalue weighted by Crippen LogP contribution is 2.31. The van der Waals surface area contributed by atoms with Crippen LogP contribution in [0.4, 0.5) is 0 Å². The molecule has 2 aromatic rings. The number of benzene rings is 1. The monoisotopic (exact) mass is 370 g/mol. The highest BCUT2D eigenvalue weighted by atomic mass is 32.1. The van der Waals surface area contributed by atoms with E-state index in [0.717, 1.165) is 30.5 Å². The zero-order chi connectivity index (χ0) is 18.5. The minimum atomic E-state index is -1.09. The third-order valence-electron chi connectivity index (χ3n) is 4.35. The van der Waals surface area contributed by atoms with Crippen LogP contribution in [0.2, 0.25) is 0 Å². The molecule has 1 saturated carbocycles. The number of oxime groups is 1. The summed E-state index contributed by atoms with van der Waals surface area (Å²) in [5.41, 5.74) is 8.78. The number of carboxylic acid groups (broad SMARTS) is 1. The molecule has 2 atom stereocenters. The Labute approximate surface area is 156 Å². The highest BCUT2D eigenvalue weighted by Gasteiger charge is 2.23. The summed E-state index contributed by atoms with van der Waals surface area (Å²) in [5.74, 6) is -1.09. The number of thiophene rings is 1. The topological polar surface area (TPSA) is 84.9 Å². The lowest BCUT2D eigenvalue weighted by molar-refractivity contribution is -0.142. The largest absolute Gasteiger partial charge is 0.480 e. The summed E-state index contributed by atoms with van der Waals surface area (Å²) in [6.07, 6.45) is 4.27. The Kier molecular flexibility index (Phi) is 5.85. The molecule has 1 aromatic carbocycles. The first-order valence-electron chi connectivity index (χ1n) is 8.62. The highest BCUT2D eigenvalue weighted by molar-refractivity contribution is 7.16. The minimum Gasteiger partial charge on any atom is -0.480 e. The minimum absolute atomic E-state index is 0.673. The Morgan fingerprint density at radius 1 is 1.27 bits per heavy atom. The number of allylic oxidation sites excluding steroid dienone is 1. The van der Waals surface area contributed by atoms with E-state index in [1.807, 2.05) is 18.2 Å². The second-order valence-electron chi connectivity index (χ2n) is 6.30. The number of hydrogen-bond acceptors (Lipinski definition) is 5. The van der Waals surface area contributed by atoms with Crippen LogP contribution in [0.15, 0.2) is 53.2 Å².